The summed E-state index contributed by atoms with van der Waals surface area (Å²) >= 11 is 0. The Balaban J connectivity index is 2.35. The van der Waals surface area contributed by atoms with Gasteiger partial charge in [-0.15, -0.1) is 0 Å². The lowest BCUT2D eigenvalue weighted by atomic mass is 10.2. The molecule has 3 heteroatoms. The van der Waals surface area contributed by atoms with Gasteiger partial charge in [0.25, 0.3) is 0 Å². The van der Waals surface area contributed by atoms with E-state index in [1.165, 1.54) is 11.4 Å². The first-order chi connectivity index (χ1) is 6.20. The summed E-state index contributed by atoms with van der Waals surface area (Å²) in [7, 11) is 2.17. The Morgan fingerprint density at radius 3 is 3.08 bits per heavy atom. The Morgan fingerprint density at radius 1 is 1.62 bits per heavy atom. The number of likely N-dealkylation sites (N-methyl/N-ethyl adjacent to an activating group) is 1. The number of fused-ring (bicyclic) bond motifs is 1. The molecule has 0 N–H and O–H groups in total. The molecular weight excluding hydrogens is 162 g/mol. The summed E-state index contributed by atoms with van der Waals surface area (Å²) in [5.41, 5.74) is 2.58. The van der Waals surface area contributed by atoms with Crippen LogP contribution in [0.4, 0.5) is 0 Å². The van der Waals surface area contributed by atoms with Gasteiger partial charge in [0.15, 0.2) is 0 Å². The van der Waals surface area contributed by atoms with E-state index in [1.807, 2.05) is 0 Å². The lowest BCUT2D eigenvalue weighted by molar-refractivity contribution is 0.220. The molecule has 0 radical (unpaired) electrons. The largest absolute Gasteiger partial charge is 0.298 e. The van der Waals surface area contributed by atoms with E-state index in [0.29, 0.717) is 6.04 Å². The molecule has 2 heterocycles. The van der Waals surface area contributed by atoms with Crippen molar-refractivity contribution >= 4 is 0 Å². The maximum absolute atomic E-state index is 4.57. The molecule has 1 aromatic rings. The van der Waals surface area contributed by atoms with Gasteiger partial charge in [-0.3, -0.25) is 9.58 Å². The van der Waals surface area contributed by atoms with Crippen molar-refractivity contribution in [3.63, 3.8) is 0 Å². The standard InChI is InChI=1S/C10H17N3/c1-4-9-5-10-7-12(3)6-8(2)13(10)11-9/h5,8H,4,6-7H2,1-3H3. The molecule has 0 aliphatic carbocycles. The molecular formula is C10H17N3. The molecule has 1 aliphatic rings. The predicted molar refractivity (Wildman–Crippen MR) is 52.7 cm³/mol. The van der Waals surface area contributed by atoms with Gasteiger partial charge < -0.3 is 0 Å². The lowest BCUT2D eigenvalue weighted by Gasteiger charge is -2.28. The summed E-state index contributed by atoms with van der Waals surface area (Å²) in [6.45, 7) is 6.53. The van der Waals surface area contributed by atoms with E-state index in [4.69, 9.17) is 0 Å². The van der Waals surface area contributed by atoms with Gasteiger partial charge in [0.1, 0.15) is 0 Å². The van der Waals surface area contributed by atoms with Crippen LogP contribution in [0.1, 0.15) is 31.3 Å². The molecule has 0 spiro atoms. The first-order valence-electron chi connectivity index (χ1n) is 4.96. The molecule has 1 aliphatic heterocycles. The highest BCUT2D eigenvalue weighted by Gasteiger charge is 2.20. The number of aromatic nitrogens is 2. The van der Waals surface area contributed by atoms with Crippen LogP contribution in [0.15, 0.2) is 6.07 Å². The first kappa shape index (κ1) is 8.75. The maximum Gasteiger partial charge on any atom is 0.0625 e. The fourth-order valence-corrected chi connectivity index (χ4v) is 2.03. The zero-order valence-corrected chi connectivity index (χ0v) is 8.62. The number of nitrogens with zero attached hydrogens (tertiary/aromatic N) is 3. The molecule has 0 amide bonds. The second-order valence-electron chi connectivity index (χ2n) is 3.97. The van der Waals surface area contributed by atoms with Crippen molar-refractivity contribution < 1.29 is 0 Å². The van der Waals surface area contributed by atoms with Crippen LogP contribution in [0.2, 0.25) is 0 Å². The zero-order valence-electron chi connectivity index (χ0n) is 8.62. The van der Waals surface area contributed by atoms with E-state index in [2.05, 4.69) is 41.6 Å². The molecule has 1 atom stereocenters. The molecule has 72 valence electrons. The number of aryl methyl sites for hydroxylation is 1. The Bertz CT molecular complexity index is 303. The Kier molecular flexibility index (Phi) is 2.12. The van der Waals surface area contributed by atoms with Crippen molar-refractivity contribution in [1.29, 1.82) is 0 Å². The topological polar surface area (TPSA) is 21.1 Å². The van der Waals surface area contributed by atoms with E-state index < -0.39 is 0 Å². The van der Waals surface area contributed by atoms with Crippen molar-refractivity contribution in [3.05, 3.63) is 17.5 Å². The van der Waals surface area contributed by atoms with E-state index in [9.17, 15) is 0 Å². The summed E-state index contributed by atoms with van der Waals surface area (Å²) in [6, 6.07) is 2.75. The molecule has 0 bridgehead atoms. The third-order valence-electron chi connectivity index (χ3n) is 2.65. The van der Waals surface area contributed by atoms with E-state index in [0.717, 1.165) is 19.5 Å². The van der Waals surface area contributed by atoms with Gasteiger partial charge in [0.2, 0.25) is 0 Å². The predicted octanol–water partition coefficient (Wildman–Crippen LogP) is 1.45. The summed E-state index contributed by atoms with van der Waals surface area (Å²) in [4.78, 5) is 2.35. The summed E-state index contributed by atoms with van der Waals surface area (Å²) in [6.07, 6.45) is 1.04. The van der Waals surface area contributed by atoms with Gasteiger partial charge in [-0.1, -0.05) is 6.92 Å². The number of hydrogen-bond acceptors (Lipinski definition) is 2. The third kappa shape index (κ3) is 1.48. The minimum absolute atomic E-state index is 0.522. The van der Waals surface area contributed by atoms with Gasteiger partial charge in [0, 0.05) is 13.1 Å². The average Bonchev–Trinajstić information content (AvgIpc) is 2.47. The fourth-order valence-electron chi connectivity index (χ4n) is 2.03. The first-order valence-corrected chi connectivity index (χ1v) is 4.96. The third-order valence-corrected chi connectivity index (χ3v) is 2.65. The Hall–Kier alpha value is -0.830. The van der Waals surface area contributed by atoms with E-state index in [1.54, 1.807) is 0 Å². The van der Waals surface area contributed by atoms with E-state index >= 15 is 0 Å². The minimum atomic E-state index is 0.522. The van der Waals surface area contributed by atoms with Crippen molar-refractivity contribution in [2.24, 2.45) is 0 Å². The van der Waals surface area contributed by atoms with Crippen LogP contribution >= 0.6 is 0 Å². The van der Waals surface area contributed by atoms with Gasteiger partial charge >= 0.3 is 0 Å². The van der Waals surface area contributed by atoms with Crippen LogP contribution in [0.25, 0.3) is 0 Å². The van der Waals surface area contributed by atoms with E-state index in [-0.39, 0.29) is 0 Å². The molecule has 0 saturated heterocycles. The fraction of sp³-hybridized carbons (Fsp3) is 0.700. The monoisotopic (exact) mass is 179 g/mol. The normalized spacial score (nSPS) is 23.2. The van der Waals surface area contributed by atoms with Crippen LogP contribution in [0, 0.1) is 0 Å². The minimum Gasteiger partial charge on any atom is -0.298 e. The van der Waals surface area contributed by atoms with Crippen LogP contribution in [0.3, 0.4) is 0 Å². The molecule has 13 heavy (non-hydrogen) atoms. The molecule has 2 rings (SSSR count). The zero-order chi connectivity index (χ0) is 9.42. The van der Waals surface area contributed by atoms with Gasteiger partial charge in [-0.05, 0) is 26.5 Å². The van der Waals surface area contributed by atoms with Crippen LogP contribution in [0.5, 0.6) is 0 Å². The number of hydrogen-bond donors (Lipinski definition) is 0. The quantitative estimate of drug-likeness (QED) is 0.650. The van der Waals surface area contributed by atoms with Crippen LogP contribution < -0.4 is 0 Å². The molecule has 3 nitrogen and oxygen atoms in total. The Morgan fingerprint density at radius 2 is 2.38 bits per heavy atom. The highest BCUT2D eigenvalue weighted by atomic mass is 15.4. The second kappa shape index (κ2) is 3.14. The highest BCUT2D eigenvalue weighted by Crippen LogP contribution is 2.19. The Labute approximate surface area is 79.3 Å². The summed E-state index contributed by atoms with van der Waals surface area (Å²) < 4.78 is 2.18. The molecule has 0 saturated carbocycles. The van der Waals surface area contributed by atoms with Gasteiger partial charge in [-0.2, -0.15) is 5.10 Å². The highest BCUT2D eigenvalue weighted by molar-refractivity contribution is 5.12. The lowest BCUT2D eigenvalue weighted by Crippen LogP contribution is -2.33. The molecule has 1 unspecified atom stereocenters. The second-order valence-corrected chi connectivity index (χ2v) is 3.97. The summed E-state index contributed by atoms with van der Waals surface area (Å²) in [5.74, 6) is 0. The van der Waals surface area contributed by atoms with Crippen molar-refractivity contribution in [3.8, 4) is 0 Å². The average molecular weight is 179 g/mol. The summed E-state index contributed by atoms with van der Waals surface area (Å²) in [5, 5.41) is 4.57. The SMILES string of the molecule is CCc1cc2n(n1)C(C)CN(C)C2. The smallest absolute Gasteiger partial charge is 0.0625 e. The van der Waals surface area contributed by atoms with Crippen molar-refractivity contribution in [2.75, 3.05) is 13.6 Å². The van der Waals surface area contributed by atoms with Crippen molar-refractivity contribution in [2.45, 2.75) is 32.9 Å². The molecule has 1 aromatic heterocycles. The maximum atomic E-state index is 4.57. The van der Waals surface area contributed by atoms with Crippen LogP contribution in [-0.2, 0) is 13.0 Å². The molecule has 0 fully saturated rings. The van der Waals surface area contributed by atoms with Crippen LogP contribution in [-0.4, -0.2) is 28.3 Å². The van der Waals surface area contributed by atoms with Gasteiger partial charge in [0.05, 0.1) is 17.4 Å². The van der Waals surface area contributed by atoms with Crippen molar-refractivity contribution in [1.82, 2.24) is 14.7 Å². The molecule has 0 aromatic carbocycles. The van der Waals surface area contributed by atoms with Gasteiger partial charge in [-0.25, -0.2) is 0 Å². The number of rotatable bonds is 1.